The number of rotatable bonds is 7. The fourth-order valence-electron chi connectivity index (χ4n) is 4.73. The molecule has 1 aliphatic carbocycles. The van der Waals surface area contributed by atoms with Gasteiger partial charge in [0.1, 0.15) is 35.0 Å². The van der Waals surface area contributed by atoms with Gasteiger partial charge in [0.2, 0.25) is 11.8 Å². The maximum atomic E-state index is 13.2. The van der Waals surface area contributed by atoms with E-state index in [2.05, 4.69) is 30.2 Å². The number of hydrogen-bond acceptors (Lipinski definition) is 7. The number of alkyl halides is 2. The number of hydrogen-bond donors (Lipinski definition) is 3. The van der Waals surface area contributed by atoms with Crippen molar-refractivity contribution in [2.45, 2.75) is 69.4 Å². The number of imidazole rings is 1. The quantitative estimate of drug-likeness (QED) is 0.334. The van der Waals surface area contributed by atoms with Crippen LogP contribution in [0.2, 0.25) is 0 Å². The normalized spacial score (nSPS) is 20.6. The maximum absolute atomic E-state index is 13.2. The second kappa shape index (κ2) is 9.31. The van der Waals surface area contributed by atoms with Gasteiger partial charge in [0.05, 0.1) is 23.0 Å². The fraction of sp³-hybridized carbons (Fsp3) is 0.478. The van der Waals surface area contributed by atoms with E-state index in [9.17, 15) is 13.9 Å². The smallest absolute Gasteiger partial charge is 0.256 e. The Morgan fingerprint density at radius 3 is 2.68 bits per heavy atom. The number of aromatic amines is 1. The molecule has 0 bridgehead atoms. The lowest BCUT2D eigenvalue weighted by Gasteiger charge is -2.33. The summed E-state index contributed by atoms with van der Waals surface area (Å²) in [6, 6.07) is 1.78. The molecule has 0 atom stereocenters. The third-order valence-corrected chi connectivity index (χ3v) is 6.60. The Morgan fingerprint density at radius 1 is 1.27 bits per heavy atom. The number of aromatic nitrogens is 6. The van der Waals surface area contributed by atoms with Gasteiger partial charge in [-0.25, -0.2) is 18.7 Å². The average molecular weight is 501 g/mol. The van der Waals surface area contributed by atoms with Gasteiger partial charge in [-0.15, -0.1) is 0 Å². The van der Waals surface area contributed by atoms with E-state index in [-0.39, 0.29) is 17.9 Å². The van der Waals surface area contributed by atoms with Crippen molar-refractivity contribution in [2.24, 2.45) is 0 Å². The summed E-state index contributed by atoms with van der Waals surface area (Å²) in [5.74, 6) is 0.757. The Balaban J connectivity index is 1.56. The number of anilines is 1. The molecule has 0 unspecified atom stereocenters. The van der Waals surface area contributed by atoms with Crippen LogP contribution in [-0.4, -0.2) is 81.5 Å². The van der Waals surface area contributed by atoms with E-state index < -0.39 is 23.9 Å². The molecule has 1 saturated carbocycles. The van der Waals surface area contributed by atoms with Crippen molar-refractivity contribution in [1.82, 2.24) is 29.5 Å². The molecule has 186 valence electrons. The Bertz CT molecular complexity index is 1440. The lowest BCUT2D eigenvalue weighted by molar-refractivity contribution is 0.0195. The van der Waals surface area contributed by atoms with Crippen LogP contribution < -0.4 is 10.1 Å². The predicted molar refractivity (Wildman–Crippen MR) is 138 cm³/mol. The molecule has 0 saturated heterocycles. The summed E-state index contributed by atoms with van der Waals surface area (Å²) in [4.78, 5) is 20.8. The molecule has 1 fully saturated rings. The highest BCUT2D eigenvalue weighted by Gasteiger charge is 2.29. The molecule has 5 rings (SSSR count). The number of H-pyrrole nitrogens is 1. The van der Waals surface area contributed by atoms with E-state index in [1.54, 1.807) is 25.4 Å². The number of nitrogens with zero attached hydrogens (tertiary/aromatic N) is 5. The highest BCUT2D eigenvalue weighted by molar-refractivity contribution is 6.58. The molecule has 37 heavy (non-hydrogen) atoms. The van der Waals surface area contributed by atoms with Gasteiger partial charge in [0.25, 0.3) is 6.43 Å². The van der Waals surface area contributed by atoms with Gasteiger partial charge in [0.15, 0.2) is 5.65 Å². The molecule has 3 N–H and O–H groups in total. The molecule has 4 aromatic rings. The van der Waals surface area contributed by atoms with Crippen LogP contribution in [0.4, 0.5) is 14.7 Å². The Hall–Kier alpha value is -3.15. The Morgan fingerprint density at radius 2 is 2.00 bits per heavy atom. The van der Waals surface area contributed by atoms with E-state index in [0.29, 0.717) is 52.0 Å². The standard InChI is InChI=1S/C23H24B3F2N7O2/c1-11-31-18-15(35(11)10-16(27)28)7-12(8-29-18)14-9-30-19-17(14)20(37-23(24,25)26)34-21(33-19)32-13-3-5-22(2,36)6-4-13/h7-9,13,16,36H,3-6,10H2,1-2H3,(H2,30,32,33,34). The molecule has 4 aromatic heterocycles. The first kappa shape index (κ1) is 25.5. The zero-order valence-corrected chi connectivity index (χ0v) is 20.5. The summed E-state index contributed by atoms with van der Waals surface area (Å²) in [5, 5.41) is 11.9. The molecular formula is C23H24B3F2N7O2. The molecule has 0 amide bonds. The van der Waals surface area contributed by atoms with E-state index in [4.69, 9.17) is 28.3 Å². The van der Waals surface area contributed by atoms with E-state index in [1.807, 2.05) is 6.92 Å². The van der Waals surface area contributed by atoms with Gasteiger partial charge in [-0.05, 0) is 50.9 Å². The summed E-state index contributed by atoms with van der Waals surface area (Å²) in [6.45, 7) is 2.98. The van der Waals surface area contributed by atoms with Gasteiger partial charge in [0, 0.05) is 29.6 Å². The van der Waals surface area contributed by atoms with Gasteiger partial charge in [-0.2, -0.15) is 9.97 Å². The summed E-state index contributed by atoms with van der Waals surface area (Å²) in [6.07, 6.45) is 3.50. The van der Waals surface area contributed by atoms with Gasteiger partial charge < -0.3 is 24.7 Å². The van der Waals surface area contributed by atoms with Crippen molar-refractivity contribution in [1.29, 1.82) is 0 Å². The minimum Gasteiger partial charge on any atom is -0.500 e. The largest absolute Gasteiger partial charge is 0.500 e. The van der Waals surface area contributed by atoms with Crippen LogP contribution in [0.1, 0.15) is 38.4 Å². The highest BCUT2D eigenvalue weighted by Crippen LogP contribution is 2.37. The lowest BCUT2D eigenvalue weighted by atomic mass is 9.52. The van der Waals surface area contributed by atoms with Crippen molar-refractivity contribution in [2.75, 3.05) is 5.32 Å². The first-order valence-electron chi connectivity index (χ1n) is 11.9. The van der Waals surface area contributed by atoms with E-state index in [0.717, 1.165) is 12.8 Å². The highest BCUT2D eigenvalue weighted by atomic mass is 19.3. The second-order valence-electron chi connectivity index (χ2n) is 9.88. The number of aryl methyl sites for hydroxylation is 1. The SMILES string of the molecule is [B]C([B])([B])Oc1nc(NC2CCC(C)(O)CC2)nc2[nH]cc(-c3cnc4nc(C)n(CC(F)F)c4c3)c12. The summed E-state index contributed by atoms with van der Waals surface area (Å²) in [7, 11) is 17.2. The second-order valence-corrected chi connectivity index (χ2v) is 9.88. The van der Waals surface area contributed by atoms with Gasteiger partial charge in [-0.1, -0.05) is 0 Å². The topological polar surface area (TPSA) is 114 Å². The molecule has 0 aliphatic heterocycles. The molecule has 0 aromatic carbocycles. The van der Waals surface area contributed by atoms with Crippen molar-refractivity contribution in [3.63, 3.8) is 0 Å². The summed E-state index contributed by atoms with van der Waals surface area (Å²) >= 11 is 0. The van der Waals surface area contributed by atoms with Crippen LogP contribution in [0.15, 0.2) is 18.5 Å². The van der Waals surface area contributed by atoms with Gasteiger partial charge >= 0.3 is 0 Å². The van der Waals surface area contributed by atoms with Crippen LogP contribution in [-0.2, 0) is 6.54 Å². The third-order valence-electron chi connectivity index (χ3n) is 6.60. The zero-order chi connectivity index (χ0) is 26.5. The van der Waals surface area contributed by atoms with Gasteiger partial charge in [-0.3, -0.25) is 0 Å². The van der Waals surface area contributed by atoms with Crippen molar-refractivity contribution in [3.05, 3.63) is 24.3 Å². The summed E-state index contributed by atoms with van der Waals surface area (Å²) < 4.78 is 33.4. The van der Waals surface area contributed by atoms with Crippen LogP contribution >= 0.6 is 0 Å². The predicted octanol–water partition coefficient (Wildman–Crippen LogP) is 2.54. The molecule has 14 heteroatoms. The zero-order valence-electron chi connectivity index (χ0n) is 20.5. The molecule has 6 radical (unpaired) electrons. The minimum absolute atomic E-state index is 0.0384. The van der Waals surface area contributed by atoms with Crippen LogP contribution in [0.25, 0.3) is 33.3 Å². The minimum atomic E-state index is -2.55. The van der Waals surface area contributed by atoms with Crippen molar-refractivity contribution in [3.8, 4) is 17.0 Å². The average Bonchev–Trinajstić information content (AvgIpc) is 3.35. The Labute approximate surface area is 216 Å². The van der Waals surface area contributed by atoms with E-state index >= 15 is 0 Å². The van der Waals surface area contributed by atoms with E-state index in [1.165, 1.54) is 4.57 Å². The Kier molecular flexibility index (Phi) is 6.41. The monoisotopic (exact) mass is 501 g/mol. The number of aliphatic hydroxyl groups is 1. The molecule has 1 aliphatic rings. The number of halogens is 2. The van der Waals surface area contributed by atoms with Crippen LogP contribution in [0, 0.1) is 6.92 Å². The molecule has 9 nitrogen and oxygen atoms in total. The van der Waals surface area contributed by atoms with Crippen LogP contribution in [0.5, 0.6) is 5.88 Å². The first-order valence-corrected chi connectivity index (χ1v) is 11.9. The maximum Gasteiger partial charge on any atom is 0.256 e. The lowest BCUT2D eigenvalue weighted by Crippen LogP contribution is -2.38. The number of nitrogens with one attached hydrogen (secondary N) is 2. The fourth-order valence-corrected chi connectivity index (χ4v) is 4.73. The number of pyridine rings is 1. The third kappa shape index (κ3) is 5.44. The van der Waals surface area contributed by atoms with Crippen molar-refractivity contribution >= 4 is 51.7 Å². The molecular weight excluding hydrogens is 477 g/mol. The van der Waals surface area contributed by atoms with Crippen LogP contribution in [0.3, 0.4) is 0 Å². The molecule has 0 spiro atoms. The summed E-state index contributed by atoms with van der Waals surface area (Å²) in [5.41, 5.74) is 1.75. The van der Waals surface area contributed by atoms with Crippen molar-refractivity contribution < 1.29 is 18.6 Å². The number of fused-ring (bicyclic) bond motifs is 2. The first-order chi connectivity index (χ1) is 17.4. The number of ether oxygens (including phenoxy) is 1. The molecule has 4 heterocycles.